The fourth-order valence-corrected chi connectivity index (χ4v) is 3.20. The molecule has 0 saturated heterocycles. The maximum Gasteiger partial charge on any atom is 0.239 e. The summed E-state index contributed by atoms with van der Waals surface area (Å²) in [6.45, 7) is 2.01. The first-order valence-electron chi connectivity index (χ1n) is 8.33. The summed E-state index contributed by atoms with van der Waals surface area (Å²) in [4.78, 5) is 17.0. The van der Waals surface area contributed by atoms with Crippen molar-refractivity contribution in [1.82, 2.24) is 19.9 Å². The molecule has 9 heteroatoms. The quantitative estimate of drug-likeness (QED) is 0.547. The summed E-state index contributed by atoms with van der Waals surface area (Å²) in [5.74, 6) is 1.03. The number of aromatic nitrogens is 4. The van der Waals surface area contributed by atoms with Crippen molar-refractivity contribution in [1.29, 1.82) is 0 Å². The highest BCUT2D eigenvalue weighted by Gasteiger charge is 2.09. The average Bonchev–Trinajstić information content (AvgIpc) is 2.67. The first-order chi connectivity index (χ1) is 13.4. The SMILES string of the molecule is Cc1ccncc1-c1cc2cc(Nc3ccc(S(N)(=O)=O)cn3)ncc2cn1. The van der Waals surface area contributed by atoms with Gasteiger partial charge >= 0.3 is 0 Å². The van der Waals surface area contributed by atoms with Crippen molar-refractivity contribution in [2.45, 2.75) is 11.8 Å². The number of nitrogens with two attached hydrogens (primary N) is 1. The lowest BCUT2D eigenvalue weighted by atomic mass is 10.1. The van der Waals surface area contributed by atoms with E-state index in [2.05, 4.69) is 25.3 Å². The van der Waals surface area contributed by atoms with Crippen molar-refractivity contribution in [3.8, 4) is 11.3 Å². The Balaban J connectivity index is 1.66. The molecule has 0 fully saturated rings. The van der Waals surface area contributed by atoms with Gasteiger partial charge in [-0.25, -0.2) is 23.5 Å². The van der Waals surface area contributed by atoms with Crippen LogP contribution in [0.2, 0.25) is 0 Å². The van der Waals surface area contributed by atoms with Crippen LogP contribution in [0.1, 0.15) is 5.56 Å². The van der Waals surface area contributed by atoms with Crippen molar-refractivity contribution in [2.75, 3.05) is 5.32 Å². The second kappa shape index (κ2) is 6.95. The van der Waals surface area contributed by atoms with Crippen LogP contribution in [0.15, 0.2) is 66.2 Å². The zero-order valence-corrected chi connectivity index (χ0v) is 15.7. The van der Waals surface area contributed by atoms with Crippen molar-refractivity contribution in [3.05, 3.63) is 66.9 Å². The largest absolute Gasteiger partial charge is 0.325 e. The third kappa shape index (κ3) is 3.66. The third-order valence-electron chi connectivity index (χ3n) is 4.24. The van der Waals surface area contributed by atoms with Gasteiger partial charge < -0.3 is 5.32 Å². The summed E-state index contributed by atoms with van der Waals surface area (Å²) in [5, 5.41) is 9.99. The van der Waals surface area contributed by atoms with E-state index in [-0.39, 0.29) is 4.90 Å². The monoisotopic (exact) mass is 392 g/mol. The molecule has 4 rings (SSSR count). The lowest BCUT2D eigenvalue weighted by Crippen LogP contribution is -2.12. The normalized spacial score (nSPS) is 11.5. The number of fused-ring (bicyclic) bond motifs is 1. The summed E-state index contributed by atoms with van der Waals surface area (Å²) in [5.41, 5.74) is 2.88. The number of aryl methyl sites for hydroxylation is 1. The molecule has 4 heterocycles. The number of nitrogens with one attached hydrogen (secondary N) is 1. The molecule has 28 heavy (non-hydrogen) atoms. The van der Waals surface area contributed by atoms with E-state index in [1.165, 1.54) is 18.3 Å². The van der Waals surface area contributed by atoms with Crippen LogP contribution >= 0.6 is 0 Å². The van der Waals surface area contributed by atoms with Crippen LogP contribution in [-0.4, -0.2) is 28.4 Å². The molecule has 4 aromatic heterocycles. The topological polar surface area (TPSA) is 124 Å². The van der Waals surface area contributed by atoms with Gasteiger partial charge in [0.05, 0.1) is 5.69 Å². The first-order valence-corrected chi connectivity index (χ1v) is 9.87. The van der Waals surface area contributed by atoms with Crippen LogP contribution in [0, 0.1) is 6.92 Å². The summed E-state index contributed by atoms with van der Waals surface area (Å²) >= 11 is 0. The van der Waals surface area contributed by atoms with Crippen molar-refractivity contribution < 1.29 is 8.42 Å². The average molecular weight is 392 g/mol. The van der Waals surface area contributed by atoms with Gasteiger partial charge in [-0.05, 0) is 48.2 Å². The second-order valence-corrected chi connectivity index (χ2v) is 7.79. The fraction of sp³-hybridized carbons (Fsp3) is 0.0526. The van der Waals surface area contributed by atoms with Gasteiger partial charge in [-0.1, -0.05) is 0 Å². The standard InChI is InChI=1S/C19H16N6O2S/c1-12-4-5-21-11-16(12)17-6-13-7-19(23-9-14(13)8-22-17)25-18-3-2-15(10-24-18)28(20,26)27/h2-11H,1H3,(H2,20,26,27)(H,23,24,25). The number of primary sulfonamides is 1. The Bertz CT molecular complexity index is 1270. The van der Waals surface area contributed by atoms with Crippen LogP contribution in [0.3, 0.4) is 0 Å². The summed E-state index contributed by atoms with van der Waals surface area (Å²) in [6.07, 6.45) is 8.23. The molecule has 0 aliphatic carbocycles. The number of anilines is 2. The molecule has 0 atom stereocenters. The molecule has 0 aliphatic heterocycles. The highest BCUT2D eigenvalue weighted by Crippen LogP contribution is 2.25. The Morgan fingerprint density at radius 1 is 0.893 bits per heavy atom. The lowest BCUT2D eigenvalue weighted by Gasteiger charge is -2.08. The molecular formula is C19H16N6O2S. The Morgan fingerprint density at radius 2 is 1.68 bits per heavy atom. The number of sulfonamides is 1. The van der Waals surface area contributed by atoms with E-state index in [1.54, 1.807) is 24.8 Å². The smallest absolute Gasteiger partial charge is 0.239 e. The number of nitrogens with zero attached hydrogens (tertiary/aromatic N) is 4. The maximum absolute atomic E-state index is 11.3. The van der Waals surface area contributed by atoms with E-state index in [4.69, 9.17) is 5.14 Å². The van der Waals surface area contributed by atoms with Crippen LogP contribution in [0.5, 0.6) is 0 Å². The molecule has 140 valence electrons. The number of hydrogen-bond acceptors (Lipinski definition) is 7. The van der Waals surface area contributed by atoms with Crippen LogP contribution in [-0.2, 0) is 10.0 Å². The zero-order chi connectivity index (χ0) is 19.7. The first kappa shape index (κ1) is 18.0. The molecule has 4 aromatic rings. The summed E-state index contributed by atoms with van der Waals surface area (Å²) in [7, 11) is -3.77. The fourth-order valence-electron chi connectivity index (χ4n) is 2.74. The van der Waals surface area contributed by atoms with Gasteiger partial charge in [0.2, 0.25) is 10.0 Å². The van der Waals surface area contributed by atoms with E-state index >= 15 is 0 Å². The Labute approximate surface area is 161 Å². The van der Waals surface area contributed by atoms with Crippen molar-refractivity contribution in [3.63, 3.8) is 0 Å². The van der Waals surface area contributed by atoms with Crippen LogP contribution in [0.4, 0.5) is 11.6 Å². The predicted octanol–water partition coefficient (Wildman–Crippen LogP) is 2.79. The highest BCUT2D eigenvalue weighted by atomic mass is 32.2. The molecule has 0 bridgehead atoms. The minimum Gasteiger partial charge on any atom is -0.325 e. The number of hydrogen-bond donors (Lipinski definition) is 2. The molecule has 8 nitrogen and oxygen atoms in total. The molecule has 0 aliphatic rings. The Hall–Kier alpha value is -3.43. The highest BCUT2D eigenvalue weighted by molar-refractivity contribution is 7.89. The van der Waals surface area contributed by atoms with Gasteiger partial charge in [0, 0.05) is 41.9 Å². The van der Waals surface area contributed by atoms with E-state index in [1.807, 2.05) is 25.1 Å². The zero-order valence-electron chi connectivity index (χ0n) is 14.9. The molecule has 0 saturated carbocycles. The minimum atomic E-state index is -3.77. The minimum absolute atomic E-state index is 0.0490. The van der Waals surface area contributed by atoms with Gasteiger partial charge in [0.1, 0.15) is 16.5 Å². The predicted molar refractivity (Wildman–Crippen MR) is 106 cm³/mol. The second-order valence-electron chi connectivity index (χ2n) is 6.23. The molecule has 3 N–H and O–H groups in total. The van der Waals surface area contributed by atoms with Crippen LogP contribution in [0.25, 0.3) is 22.0 Å². The van der Waals surface area contributed by atoms with E-state index < -0.39 is 10.0 Å². The molecule has 0 amide bonds. The van der Waals surface area contributed by atoms with Crippen molar-refractivity contribution >= 4 is 32.4 Å². The summed E-state index contributed by atoms with van der Waals surface area (Å²) in [6, 6.07) is 8.71. The van der Waals surface area contributed by atoms with E-state index in [0.717, 1.165) is 27.6 Å². The van der Waals surface area contributed by atoms with Crippen molar-refractivity contribution in [2.24, 2.45) is 5.14 Å². The van der Waals surface area contributed by atoms with E-state index in [0.29, 0.717) is 11.6 Å². The van der Waals surface area contributed by atoms with Crippen LogP contribution < -0.4 is 10.5 Å². The number of pyridine rings is 4. The molecule has 0 spiro atoms. The maximum atomic E-state index is 11.3. The van der Waals surface area contributed by atoms with Gasteiger partial charge in [-0.2, -0.15) is 0 Å². The molecule has 0 radical (unpaired) electrons. The molecule has 0 unspecified atom stereocenters. The molecular weight excluding hydrogens is 376 g/mol. The number of rotatable bonds is 4. The lowest BCUT2D eigenvalue weighted by molar-refractivity contribution is 0.597. The summed E-state index contributed by atoms with van der Waals surface area (Å²) < 4.78 is 22.6. The Morgan fingerprint density at radius 3 is 2.39 bits per heavy atom. The van der Waals surface area contributed by atoms with E-state index in [9.17, 15) is 8.42 Å². The van der Waals surface area contributed by atoms with Gasteiger partial charge in [0.25, 0.3) is 0 Å². The molecule has 0 aromatic carbocycles. The Kier molecular flexibility index (Phi) is 4.46. The van der Waals surface area contributed by atoms with Gasteiger partial charge in [-0.15, -0.1) is 0 Å². The third-order valence-corrected chi connectivity index (χ3v) is 5.14. The van der Waals surface area contributed by atoms with Gasteiger partial charge in [-0.3, -0.25) is 9.97 Å². The van der Waals surface area contributed by atoms with Gasteiger partial charge in [0.15, 0.2) is 0 Å².